The summed E-state index contributed by atoms with van der Waals surface area (Å²) in [4.78, 5) is 4.71. The van der Waals surface area contributed by atoms with Gasteiger partial charge in [0.15, 0.2) is 17.2 Å². The zero-order valence-corrected chi connectivity index (χ0v) is 12.9. The number of benzene rings is 1. The number of fused-ring (bicyclic) bond motifs is 1. The highest BCUT2D eigenvalue weighted by Crippen LogP contribution is 2.30. The maximum atomic E-state index is 10.4. The fourth-order valence-electron chi connectivity index (χ4n) is 2.37. The van der Waals surface area contributed by atoms with Gasteiger partial charge in [0.2, 0.25) is 0 Å². The van der Waals surface area contributed by atoms with Crippen LogP contribution in [0.2, 0.25) is 0 Å². The van der Waals surface area contributed by atoms with Gasteiger partial charge in [-0.25, -0.2) is 5.06 Å². The second-order valence-electron chi connectivity index (χ2n) is 5.48. The predicted octanol–water partition coefficient (Wildman–Crippen LogP) is 1.53. The lowest BCUT2D eigenvalue weighted by Crippen LogP contribution is -2.53. The summed E-state index contributed by atoms with van der Waals surface area (Å²) in [6.45, 7) is 7.86. The van der Waals surface area contributed by atoms with Gasteiger partial charge in [-0.1, -0.05) is 13.8 Å². The number of rotatable bonds is 3. The van der Waals surface area contributed by atoms with Crippen molar-refractivity contribution in [1.29, 1.82) is 0 Å². The van der Waals surface area contributed by atoms with Crippen LogP contribution in [0.4, 0.5) is 0 Å². The van der Waals surface area contributed by atoms with E-state index in [1.807, 2.05) is 39.8 Å². The van der Waals surface area contributed by atoms with Gasteiger partial charge in [0.05, 0.1) is 25.3 Å². The molecule has 1 atom stereocenters. The van der Waals surface area contributed by atoms with Gasteiger partial charge in [-0.05, 0) is 25.8 Å². The van der Waals surface area contributed by atoms with E-state index in [9.17, 15) is 5.21 Å². The predicted molar refractivity (Wildman–Crippen MR) is 76.3 cm³/mol. The first-order valence-electron chi connectivity index (χ1n) is 6.67. The highest BCUT2D eigenvalue weighted by molar-refractivity contribution is 5.48. The van der Waals surface area contributed by atoms with E-state index in [2.05, 4.69) is 0 Å². The van der Waals surface area contributed by atoms with Crippen molar-refractivity contribution in [3.63, 3.8) is 0 Å². The Balaban J connectivity index is 2.81. The lowest BCUT2D eigenvalue weighted by atomic mass is 9.96. The molecule has 0 bridgehead atoms. The number of hydrogen-bond donors (Lipinski definition) is 1. The molecule has 5 nitrogen and oxygen atoms in total. The summed E-state index contributed by atoms with van der Waals surface area (Å²) in [6, 6.07) is 3.70. The van der Waals surface area contributed by atoms with Gasteiger partial charge >= 0.3 is 0 Å². The van der Waals surface area contributed by atoms with Crippen molar-refractivity contribution in [3.05, 3.63) is 22.7 Å². The monoisotopic (exact) mass is 278 g/mol. The van der Waals surface area contributed by atoms with E-state index in [0.29, 0.717) is 11.5 Å². The van der Waals surface area contributed by atoms with Crippen molar-refractivity contribution in [2.75, 3.05) is 14.2 Å². The molecule has 1 aromatic rings. The smallest absolute Gasteiger partial charge is 0.162 e. The maximum absolute atomic E-state index is 10.4. The van der Waals surface area contributed by atoms with Gasteiger partial charge in [0, 0.05) is 11.3 Å². The Bertz CT molecular complexity index is 639. The van der Waals surface area contributed by atoms with Gasteiger partial charge in [0.25, 0.3) is 0 Å². The zero-order chi connectivity index (χ0) is 15.1. The highest BCUT2D eigenvalue weighted by Gasteiger charge is 2.37. The molecule has 5 heteroatoms. The molecule has 0 aliphatic carbocycles. The lowest BCUT2D eigenvalue weighted by molar-refractivity contribution is -0.132. The molecule has 0 saturated heterocycles. The summed E-state index contributed by atoms with van der Waals surface area (Å²) in [6.07, 6.45) is 0. The average molecular weight is 278 g/mol. The molecular formula is C15H22N2O3. The molecule has 0 aromatic heterocycles. The maximum Gasteiger partial charge on any atom is 0.162 e. The van der Waals surface area contributed by atoms with E-state index in [1.54, 1.807) is 14.2 Å². The van der Waals surface area contributed by atoms with Crippen LogP contribution in [0, 0.1) is 5.92 Å². The van der Waals surface area contributed by atoms with Crippen LogP contribution in [0.3, 0.4) is 0 Å². The number of ether oxygens (including phenoxy) is 2. The van der Waals surface area contributed by atoms with Crippen LogP contribution in [0.15, 0.2) is 17.1 Å². The third-order valence-corrected chi connectivity index (χ3v) is 4.08. The minimum absolute atomic E-state index is 0.156. The molecule has 0 radical (unpaired) electrons. The Kier molecular flexibility index (Phi) is 3.65. The standard InChI is InChI=1S/C15H22N2O3/c1-9(2)15(4)16-12-8-14(20-6)13(19-5)7-11(12)10(3)17(15)18/h7-9,18H,1-6H3. The van der Waals surface area contributed by atoms with Gasteiger partial charge in [0.1, 0.15) is 0 Å². The Hall–Kier alpha value is -1.75. The van der Waals surface area contributed by atoms with Crippen molar-refractivity contribution >= 4 is 5.70 Å². The summed E-state index contributed by atoms with van der Waals surface area (Å²) in [5.74, 6) is 1.42. The summed E-state index contributed by atoms with van der Waals surface area (Å²) in [5, 5.41) is 13.3. The van der Waals surface area contributed by atoms with Crippen LogP contribution in [-0.2, 0) is 0 Å². The second kappa shape index (κ2) is 4.98. The van der Waals surface area contributed by atoms with Crippen LogP contribution < -0.4 is 20.0 Å². The third kappa shape index (κ3) is 2.02. The van der Waals surface area contributed by atoms with E-state index in [0.717, 1.165) is 16.3 Å². The molecule has 1 unspecified atom stereocenters. The van der Waals surface area contributed by atoms with Crippen molar-refractivity contribution in [3.8, 4) is 11.5 Å². The van der Waals surface area contributed by atoms with E-state index < -0.39 is 5.66 Å². The minimum Gasteiger partial charge on any atom is -0.493 e. The molecule has 1 N–H and O–H groups in total. The average Bonchev–Trinajstić information content (AvgIpc) is 2.43. The first-order valence-corrected chi connectivity index (χ1v) is 6.67. The van der Waals surface area contributed by atoms with Crippen LogP contribution in [0.1, 0.15) is 27.7 Å². The summed E-state index contributed by atoms with van der Waals surface area (Å²) >= 11 is 0. The molecule has 1 aliphatic heterocycles. The Labute approximate surface area is 119 Å². The van der Waals surface area contributed by atoms with Crippen molar-refractivity contribution in [2.45, 2.75) is 33.4 Å². The molecule has 2 rings (SSSR count). The number of nitrogens with zero attached hydrogens (tertiary/aromatic N) is 2. The molecule has 0 fully saturated rings. The van der Waals surface area contributed by atoms with E-state index >= 15 is 0 Å². The quantitative estimate of drug-likeness (QED) is 0.911. The molecule has 1 aliphatic rings. The number of methoxy groups -OCH3 is 2. The van der Waals surface area contributed by atoms with Crippen LogP contribution in [-0.4, -0.2) is 30.2 Å². The molecule has 0 amide bonds. The van der Waals surface area contributed by atoms with Gasteiger partial charge < -0.3 is 9.47 Å². The van der Waals surface area contributed by atoms with Crippen LogP contribution in [0.5, 0.6) is 11.5 Å². The molecule has 0 saturated carbocycles. The zero-order valence-electron chi connectivity index (χ0n) is 12.9. The Morgan fingerprint density at radius 2 is 1.75 bits per heavy atom. The number of hydrogen-bond acceptors (Lipinski definition) is 5. The van der Waals surface area contributed by atoms with E-state index in [-0.39, 0.29) is 5.92 Å². The Morgan fingerprint density at radius 1 is 1.20 bits per heavy atom. The molecule has 20 heavy (non-hydrogen) atoms. The summed E-state index contributed by atoms with van der Waals surface area (Å²) < 4.78 is 10.6. The van der Waals surface area contributed by atoms with E-state index in [1.165, 1.54) is 5.06 Å². The minimum atomic E-state index is -0.684. The lowest BCUT2D eigenvalue weighted by Gasteiger charge is -2.40. The molecule has 0 spiro atoms. The van der Waals surface area contributed by atoms with Crippen molar-refractivity contribution < 1.29 is 14.7 Å². The van der Waals surface area contributed by atoms with Gasteiger partial charge in [-0.2, -0.15) is 0 Å². The SMILES string of the molecule is COc1cc2c(cc1OC)=C(C)N(O)C(C)(C(C)C)N=2. The molecular weight excluding hydrogens is 256 g/mol. The first kappa shape index (κ1) is 14.7. The highest BCUT2D eigenvalue weighted by atomic mass is 16.5. The molecule has 1 heterocycles. The van der Waals surface area contributed by atoms with E-state index in [4.69, 9.17) is 14.5 Å². The topological polar surface area (TPSA) is 54.3 Å². The van der Waals surface area contributed by atoms with Crippen LogP contribution in [0.25, 0.3) is 5.70 Å². The molecule has 1 aromatic carbocycles. The van der Waals surface area contributed by atoms with Gasteiger partial charge in [-0.15, -0.1) is 0 Å². The third-order valence-electron chi connectivity index (χ3n) is 4.08. The normalized spacial score (nSPS) is 21.6. The number of hydroxylamine groups is 2. The van der Waals surface area contributed by atoms with Gasteiger partial charge in [-0.3, -0.25) is 10.2 Å². The Morgan fingerprint density at radius 3 is 2.25 bits per heavy atom. The largest absolute Gasteiger partial charge is 0.493 e. The first-order chi connectivity index (χ1) is 9.35. The fraction of sp³-hybridized carbons (Fsp3) is 0.533. The summed E-state index contributed by atoms with van der Waals surface area (Å²) in [5.41, 5.74) is 0.0728. The van der Waals surface area contributed by atoms with Crippen LogP contribution >= 0.6 is 0 Å². The second-order valence-corrected chi connectivity index (χ2v) is 5.48. The fourth-order valence-corrected chi connectivity index (χ4v) is 2.37. The van der Waals surface area contributed by atoms with Crippen molar-refractivity contribution in [2.24, 2.45) is 10.9 Å². The molecule has 110 valence electrons. The van der Waals surface area contributed by atoms with Crippen molar-refractivity contribution in [1.82, 2.24) is 5.06 Å². The summed E-state index contributed by atoms with van der Waals surface area (Å²) in [7, 11) is 3.19.